The average Bonchev–Trinajstić information content (AvgIpc) is 3.19. The van der Waals surface area contributed by atoms with Gasteiger partial charge in [-0.3, -0.25) is 19.8 Å². The van der Waals surface area contributed by atoms with Crippen molar-refractivity contribution in [3.05, 3.63) is 99.6 Å². The van der Waals surface area contributed by atoms with Crippen molar-refractivity contribution in [3.63, 3.8) is 0 Å². The number of carbonyl (C=O) groups excluding carboxylic acids is 1. The van der Waals surface area contributed by atoms with Crippen LogP contribution in [0, 0.1) is 10.1 Å². The van der Waals surface area contributed by atoms with Crippen molar-refractivity contribution >= 4 is 34.2 Å². The maximum atomic E-state index is 13.1. The smallest absolute Gasteiger partial charge is 0.270 e. The molecule has 0 saturated carbocycles. The lowest BCUT2D eigenvalue weighted by Crippen LogP contribution is -2.43. The van der Waals surface area contributed by atoms with Crippen LogP contribution in [0.1, 0.15) is 16.7 Å². The van der Waals surface area contributed by atoms with Crippen LogP contribution in [0.3, 0.4) is 0 Å². The highest BCUT2D eigenvalue weighted by atomic mass is 16.6. The second-order valence-electron chi connectivity index (χ2n) is 8.96. The minimum absolute atomic E-state index is 0.0562. The number of nitrogens with zero attached hydrogens (tertiary/aromatic N) is 3. The first kappa shape index (κ1) is 22.8. The fraction of sp³-hybridized carbons (Fsp3) is 0.222. The number of rotatable bonds is 6. The van der Waals surface area contributed by atoms with E-state index in [9.17, 15) is 14.9 Å². The van der Waals surface area contributed by atoms with Crippen LogP contribution >= 0.6 is 0 Å². The van der Waals surface area contributed by atoms with Crippen LogP contribution in [-0.4, -0.2) is 53.9 Å². The third-order valence-electron chi connectivity index (χ3n) is 6.47. The first-order valence-electron chi connectivity index (χ1n) is 11.6. The third kappa shape index (κ3) is 4.94. The topological polar surface area (TPSA) is 90.8 Å². The number of hydrogen-bond acceptors (Lipinski definition) is 6. The maximum Gasteiger partial charge on any atom is 0.270 e. The number of nitro benzene ring substituents is 1. The predicted molar refractivity (Wildman–Crippen MR) is 138 cm³/mol. The number of fused-ring (bicyclic) bond motifs is 1. The molecule has 0 aromatic heterocycles. The number of carbonyl (C=O) groups is 1. The molecule has 2 aliphatic rings. The molecule has 0 atom stereocenters. The molecule has 0 bridgehead atoms. The number of non-ortho nitro benzene ring substituents is 1. The lowest BCUT2D eigenvalue weighted by Gasteiger charge is -2.32. The second-order valence-corrected chi connectivity index (χ2v) is 8.96. The van der Waals surface area contributed by atoms with Crippen LogP contribution in [0.25, 0.3) is 11.3 Å². The van der Waals surface area contributed by atoms with Gasteiger partial charge >= 0.3 is 0 Å². The van der Waals surface area contributed by atoms with Gasteiger partial charge in [0.25, 0.3) is 11.6 Å². The number of amides is 1. The second kappa shape index (κ2) is 9.69. The van der Waals surface area contributed by atoms with E-state index in [1.807, 2.05) is 42.5 Å². The SMILES string of the molecule is CN1CCN(Cc2cccc(NC(=C3C(=O)Nc4ccc([N+](=O)[O-])cc43)c3ccccc3)c2)CC1. The van der Waals surface area contributed by atoms with Gasteiger partial charge < -0.3 is 15.5 Å². The summed E-state index contributed by atoms with van der Waals surface area (Å²) in [7, 11) is 2.15. The quantitative estimate of drug-likeness (QED) is 0.318. The lowest BCUT2D eigenvalue weighted by molar-refractivity contribution is -0.384. The van der Waals surface area contributed by atoms with E-state index >= 15 is 0 Å². The van der Waals surface area contributed by atoms with Gasteiger partial charge in [0.2, 0.25) is 0 Å². The van der Waals surface area contributed by atoms with E-state index in [1.165, 1.54) is 17.7 Å². The molecule has 178 valence electrons. The van der Waals surface area contributed by atoms with Crippen molar-refractivity contribution in [1.82, 2.24) is 9.80 Å². The van der Waals surface area contributed by atoms with Gasteiger partial charge in [0.1, 0.15) is 0 Å². The molecule has 2 N–H and O–H groups in total. The van der Waals surface area contributed by atoms with Gasteiger partial charge in [-0.1, -0.05) is 42.5 Å². The van der Waals surface area contributed by atoms with Crippen molar-refractivity contribution in [1.29, 1.82) is 0 Å². The average molecular weight is 470 g/mol. The molecule has 0 spiro atoms. The van der Waals surface area contributed by atoms with Crippen LogP contribution in [0.15, 0.2) is 72.8 Å². The molecule has 1 fully saturated rings. The van der Waals surface area contributed by atoms with E-state index in [-0.39, 0.29) is 11.6 Å². The molecule has 1 amide bonds. The molecular formula is C27H27N5O3. The van der Waals surface area contributed by atoms with E-state index in [4.69, 9.17) is 0 Å². The molecule has 0 aliphatic carbocycles. The highest BCUT2D eigenvalue weighted by Crippen LogP contribution is 2.39. The fourth-order valence-electron chi connectivity index (χ4n) is 4.56. The third-order valence-corrected chi connectivity index (χ3v) is 6.47. The normalized spacial score (nSPS) is 17.6. The van der Waals surface area contributed by atoms with Gasteiger partial charge in [-0.15, -0.1) is 0 Å². The Hall–Kier alpha value is -4.01. The number of benzene rings is 3. The molecule has 2 heterocycles. The summed E-state index contributed by atoms with van der Waals surface area (Å²) in [5, 5.41) is 17.7. The molecule has 3 aromatic rings. The lowest BCUT2D eigenvalue weighted by atomic mass is 9.99. The number of anilines is 2. The number of nitro groups is 1. The fourth-order valence-corrected chi connectivity index (χ4v) is 4.56. The Balaban J connectivity index is 1.52. The van der Waals surface area contributed by atoms with Gasteiger partial charge in [-0.2, -0.15) is 0 Å². The molecule has 3 aromatic carbocycles. The van der Waals surface area contributed by atoms with Crippen LogP contribution in [0.5, 0.6) is 0 Å². The summed E-state index contributed by atoms with van der Waals surface area (Å²) in [6.45, 7) is 5.04. The van der Waals surface area contributed by atoms with Crippen LogP contribution in [0.4, 0.5) is 17.1 Å². The minimum atomic E-state index is -0.446. The zero-order chi connectivity index (χ0) is 24.4. The molecular weight excluding hydrogens is 442 g/mol. The van der Waals surface area contributed by atoms with E-state index in [0.29, 0.717) is 22.5 Å². The molecule has 0 radical (unpaired) electrons. The van der Waals surface area contributed by atoms with Crippen molar-refractivity contribution < 1.29 is 9.72 Å². The summed E-state index contributed by atoms with van der Waals surface area (Å²) < 4.78 is 0. The Kier molecular flexibility index (Phi) is 6.31. The number of likely N-dealkylation sites (N-methyl/N-ethyl adjacent to an activating group) is 1. The van der Waals surface area contributed by atoms with Gasteiger partial charge in [-0.05, 0) is 36.4 Å². The largest absolute Gasteiger partial charge is 0.354 e. The van der Waals surface area contributed by atoms with E-state index in [2.05, 4.69) is 39.6 Å². The van der Waals surface area contributed by atoms with Crippen molar-refractivity contribution in [3.8, 4) is 0 Å². The first-order chi connectivity index (χ1) is 17.0. The summed E-state index contributed by atoms with van der Waals surface area (Å²) in [6.07, 6.45) is 0. The molecule has 35 heavy (non-hydrogen) atoms. The Morgan fingerprint density at radius 2 is 1.77 bits per heavy atom. The molecule has 2 aliphatic heterocycles. The number of nitrogens with one attached hydrogen (secondary N) is 2. The molecule has 8 nitrogen and oxygen atoms in total. The van der Waals surface area contributed by atoms with Crippen LogP contribution in [0.2, 0.25) is 0 Å². The summed E-state index contributed by atoms with van der Waals surface area (Å²) in [5.41, 5.74) is 4.89. The molecule has 0 unspecified atom stereocenters. The van der Waals surface area contributed by atoms with E-state index in [1.54, 1.807) is 6.07 Å². The Morgan fingerprint density at radius 3 is 2.51 bits per heavy atom. The van der Waals surface area contributed by atoms with Crippen molar-refractivity contribution in [2.75, 3.05) is 43.9 Å². The number of piperazine rings is 1. The Labute approximate surface area is 204 Å². The summed E-state index contributed by atoms with van der Waals surface area (Å²) in [6, 6.07) is 22.2. The van der Waals surface area contributed by atoms with E-state index in [0.717, 1.165) is 44.0 Å². The standard InChI is InChI=1S/C27H27N5O3/c1-30-12-14-31(15-13-30)18-19-6-5-9-21(16-19)28-26(20-7-3-2-4-8-20)25-23-17-22(32(34)35)10-11-24(23)29-27(25)33/h2-11,16-17,28H,12-15,18H2,1H3,(H,29,33). The van der Waals surface area contributed by atoms with E-state index < -0.39 is 4.92 Å². The summed E-state index contributed by atoms with van der Waals surface area (Å²) >= 11 is 0. The Bertz CT molecular complexity index is 1300. The molecule has 8 heteroatoms. The van der Waals surface area contributed by atoms with Gasteiger partial charge in [0, 0.05) is 61.8 Å². The highest BCUT2D eigenvalue weighted by Gasteiger charge is 2.30. The monoisotopic (exact) mass is 469 g/mol. The molecule has 5 rings (SSSR count). The summed E-state index contributed by atoms with van der Waals surface area (Å²) in [5.74, 6) is -0.291. The van der Waals surface area contributed by atoms with Crippen molar-refractivity contribution in [2.45, 2.75) is 6.54 Å². The van der Waals surface area contributed by atoms with Gasteiger partial charge in [-0.25, -0.2) is 0 Å². The van der Waals surface area contributed by atoms with Crippen molar-refractivity contribution in [2.24, 2.45) is 0 Å². The Morgan fingerprint density at radius 1 is 1.00 bits per heavy atom. The highest BCUT2D eigenvalue weighted by molar-refractivity contribution is 6.37. The maximum absolute atomic E-state index is 13.1. The van der Waals surface area contributed by atoms with Gasteiger partial charge in [0.05, 0.1) is 16.2 Å². The van der Waals surface area contributed by atoms with Crippen LogP contribution in [-0.2, 0) is 11.3 Å². The predicted octanol–water partition coefficient (Wildman–Crippen LogP) is 4.27. The minimum Gasteiger partial charge on any atom is -0.354 e. The molecule has 1 saturated heterocycles. The first-order valence-corrected chi connectivity index (χ1v) is 11.6. The van der Waals surface area contributed by atoms with Gasteiger partial charge in [0.15, 0.2) is 0 Å². The zero-order valence-corrected chi connectivity index (χ0v) is 19.5. The number of hydrogen-bond donors (Lipinski definition) is 2. The summed E-state index contributed by atoms with van der Waals surface area (Å²) in [4.78, 5) is 28.8. The zero-order valence-electron chi connectivity index (χ0n) is 19.5. The van der Waals surface area contributed by atoms with Crippen LogP contribution < -0.4 is 10.6 Å².